The van der Waals surface area contributed by atoms with Crippen LogP contribution >= 0.6 is 27.5 Å². The first-order chi connectivity index (χ1) is 8.45. The number of nitrogens with one attached hydrogen (secondary N) is 1. The molecule has 0 saturated heterocycles. The van der Waals surface area contributed by atoms with Crippen LogP contribution in [0.3, 0.4) is 0 Å². The fourth-order valence-electron chi connectivity index (χ4n) is 1.23. The Balaban J connectivity index is 2.68. The van der Waals surface area contributed by atoms with Gasteiger partial charge in [0.25, 0.3) is 0 Å². The number of benzene rings is 1. The van der Waals surface area contributed by atoms with Gasteiger partial charge in [0.2, 0.25) is 0 Å². The van der Waals surface area contributed by atoms with Crippen molar-refractivity contribution < 1.29 is 9.53 Å². The topological polar surface area (TPSA) is 73.9 Å². The number of nitriles is 1. The van der Waals surface area contributed by atoms with E-state index < -0.39 is 11.7 Å². The number of halogens is 2. The Hall–Kier alpha value is -1.38. The predicted octanol–water partition coefficient (Wildman–Crippen LogP) is 3.23. The van der Waals surface area contributed by atoms with Crippen molar-refractivity contribution >= 4 is 39.0 Å². The second kappa shape index (κ2) is 6.53. The van der Waals surface area contributed by atoms with E-state index in [2.05, 4.69) is 15.9 Å². The van der Waals surface area contributed by atoms with Crippen molar-refractivity contribution in [1.29, 1.82) is 10.7 Å². The Morgan fingerprint density at radius 1 is 1.67 bits per heavy atom. The second-order valence-electron chi connectivity index (χ2n) is 3.57. The molecule has 1 N–H and O–H groups in total. The van der Waals surface area contributed by atoms with Gasteiger partial charge in [-0.15, -0.1) is 0 Å². The van der Waals surface area contributed by atoms with Crippen LogP contribution in [0.1, 0.15) is 6.92 Å². The minimum Gasteiger partial charge on any atom is -0.485 e. The van der Waals surface area contributed by atoms with Crippen molar-refractivity contribution in [3.8, 4) is 11.8 Å². The summed E-state index contributed by atoms with van der Waals surface area (Å²) in [6.45, 7) is 1.17. The van der Waals surface area contributed by atoms with E-state index in [0.29, 0.717) is 15.2 Å². The van der Waals surface area contributed by atoms with Gasteiger partial charge in [0.1, 0.15) is 18.3 Å². The maximum atomic E-state index is 11.6. The summed E-state index contributed by atoms with van der Waals surface area (Å²) in [5.41, 5.74) is 0.0151. The Labute approximate surface area is 118 Å². The lowest BCUT2D eigenvalue weighted by molar-refractivity contribution is -0.121. The summed E-state index contributed by atoms with van der Waals surface area (Å²) in [5.74, 6) is -1.02. The van der Waals surface area contributed by atoms with Crippen molar-refractivity contribution in [3.63, 3.8) is 0 Å². The monoisotopic (exact) mass is 328 g/mol. The molecule has 0 spiro atoms. The van der Waals surface area contributed by atoms with Crippen LogP contribution in [0.4, 0.5) is 0 Å². The number of ketones is 1. The number of nitrogens with zero attached hydrogens (tertiary/aromatic N) is 1. The van der Waals surface area contributed by atoms with Crippen LogP contribution in [-0.2, 0) is 4.79 Å². The standard InChI is InChI=1S/C12H10BrClN2O2/c1-7(16)9(5-15)11(17)6-18-12-3-2-8(14)4-10(12)13/h2-4,9,16H,6H2,1H3. The molecule has 1 rings (SSSR count). The first kappa shape index (κ1) is 14.7. The van der Waals surface area contributed by atoms with Crippen LogP contribution in [-0.4, -0.2) is 18.1 Å². The van der Waals surface area contributed by atoms with E-state index in [1.807, 2.05) is 0 Å². The number of rotatable bonds is 5. The van der Waals surface area contributed by atoms with Crippen molar-refractivity contribution in [3.05, 3.63) is 27.7 Å². The molecule has 0 aliphatic rings. The average molecular weight is 330 g/mol. The molecule has 0 aliphatic heterocycles. The van der Waals surface area contributed by atoms with Crippen LogP contribution in [0.25, 0.3) is 0 Å². The maximum absolute atomic E-state index is 11.6. The molecule has 0 aliphatic carbocycles. The van der Waals surface area contributed by atoms with Gasteiger partial charge in [0.15, 0.2) is 5.78 Å². The molecule has 1 aromatic rings. The van der Waals surface area contributed by atoms with E-state index >= 15 is 0 Å². The summed E-state index contributed by atoms with van der Waals surface area (Å²) in [6.07, 6.45) is 0. The summed E-state index contributed by atoms with van der Waals surface area (Å²) < 4.78 is 5.91. The third-order valence-corrected chi connectivity index (χ3v) is 3.00. The zero-order valence-corrected chi connectivity index (χ0v) is 11.9. The smallest absolute Gasteiger partial charge is 0.192 e. The number of carbonyl (C=O) groups excluding carboxylic acids is 1. The summed E-state index contributed by atoms with van der Waals surface area (Å²) in [4.78, 5) is 11.6. The molecule has 1 atom stereocenters. The molecule has 0 aromatic heterocycles. The zero-order valence-electron chi connectivity index (χ0n) is 9.54. The Bertz CT molecular complexity index is 525. The van der Waals surface area contributed by atoms with E-state index in [4.69, 9.17) is 27.0 Å². The van der Waals surface area contributed by atoms with Crippen molar-refractivity contribution in [2.75, 3.05) is 6.61 Å². The van der Waals surface area contributed by atoms with Gasteiger partial charge in [-0.05, 0) is 41.1 Å². The van der Waals surface area contributed by atoms with Crippen LogP contribution in [0.5, 0.6) is 5.75 Å². The van der Waals surface area contributed by atoms with E-state index in [9.17, 15) is 4.79 Å². The number of hydrogen-bond acceptors (Lipinski definition) is 4. The predicted molar refractivity (Wildman–Crippen MR) is 72.2 cm³/mol. The lowest BCUT2D eigenvalue weighted by atomic mass is 10.0. The highest BCUT2D eigenvalue weighted by Gasteiger charge is 2.20. The van der Waals surface area contributed by atoms with E-state index in [0.717, 1.165) is 0 Å². The van der Waals surface area contributed by atoms with Gasteiger partial charge in [0.05, 0.1) is 10.5 Å². The molecule has 1 unspecified atom stereocenters. The molecular weight excluding hydrogens is 320 g/mol. The number of carbonyl (C=O) groups is 1. The third-order valence-electron chi connectivity index (χ3n) is 2.15. The number of hydrogen-bond donors (Lipinski definition) is 1. The third kappa shape index (κ3) is 3.83. The minimum atomic E-state index is -1.05. The summed E-state index contributed by atoms with van der Waals surface area (Å²) in [6, 6.07) is 6.68. The van der Waals surface area contributed by atoms with Crippen LogP contribution in [0.2, 0.25) is 5.02 Å². The summed E-state index contributed by atoms with van der Waals surface area (Å²) in [5, 5.41) is 16.6. The molecule has 1 aromatic carbocycles. The molecule has 0 bridgehead atoms. The van der Waals surface area contributed by atoms with Gasteiger partial charge in [-0.25, -0.2) is 0 Å². The van der Waals surface area contributed by atoms with E-state index in [1.54, 1.807) is 24.3 Å². The van der Waals surface area contributed by atoms with Gasteiger partial charge in [-0.1, -0.05) is 11.6 Å². The molecule has 0 heterocycles. The van der Waals surface area contributed by atoms with E-state index in [-0.39, 0.29) is 12.3 Å². The Morgan fingerprint density at radius 2 is 2.33 bits per heavy atom. The number of Topliss-reactive ketones (excluding diaryl/α,β-unsaturated/α-hetero) is 1. The van der Waals surface area contributed by atoms with Crippen LogP contribution in [0.15, 0.2) is 22.7 Å². The van der Waals surface area contributed by atoms with Crippen molar-refractivity contribution in [2.24, 2.45) is 5.92 Å². The molecular formula is C12H10BrClN2O2. The van der Waals surface area contributed by atoms with Gasteiger partial charge in [0, 0.05) is 10.7 Å². The van der Waals surface area contributed by atoms with Crippen molar-refractivity contribution in [1.82, 2.24) is 0 Å². The largest absolute Gasteiger partial charge is 0.485 e. The first-order valence-electron chi connectivity index (χ1n) is 5.01. The molecule has 0 fully saturated rings. The normalized spacial score (nSPS) is 11.4. The zero-order chi connectivity index (χ0) is 13.7. The van der Waals surface area contributed by atoms with Gasteiger partial charge in [-0.3, -0.25) is 4.79 Å². The maximum Gasteiger partial charge on any atom is 0.192 e. The molecule has 0 amide bonds. The number of ether oxygens (including phenoxy) is 1. The highest BCUT2D eigenvalue weighted by atomic mass is 79.9. The van der Waals surface area contributed by atoms with Gasteiger partial charge >= 0.3 is 0 Å². The Kier molecular flexibility index (Phi) is 5.32. The fourth-order valence-corrected chi connectivity index (χ4v) is 2.03. The average Bonchev–Trinajstić information content (AvgIpc) is 2.28. The second-order valence-corrected chi connectivity index (χ2v) is 4.87. The van der Waals surface area contributed by atoms with E-state index in [1.165, 1.54) is 6.92 Å². The highest BCUT2D eigenvalue weighted by molar-refractivity contribution is 9.10. The summed E-state index contributed by atoms with van der Waals surface area (Å²) in [7, 11) is 0. The molecule has 6 heteroatoms. The minimum absolute atomic E-state index is 0.0151. The van der Waals surface area contributed by atoms with Crippen LogP contribution < -0.4 is 4.74 Å². The molecule has 94 valence electrons. The molecule has 18 heavy (non-hydrogen) atoms. The quantitative estimate of drug-likeness (QED) is 0.843. The summed E-state index contributed by atoms with van der Waals surface area (Å²) >= 11 is 9.02. The lowest BCUT2D eigenvalue weighted by Gasteiger charge is -2.10. The highest BCUT2D eigenvalue weighted by Crippen LogP contribution is 2.28. The molecule has 0 saturated carbocycles. The lowest BCUT2D eigenvalue weighted by Crippen LogP contribution is -2.25. The molecule has 0 radical (unpaired) electrons. The Morgan fingerprint density at radius 3 is 2.83 bits per heavy atom. The van der Waals surface area contributed by atoms with Gasteiger partial charge < -0.3 is 10.1 Å². The van der Waals surface area contributed by atoms with Crippen LogP contribution in [0, 0.1) is 22.7 Å². The fraction of sp³-hybridized carbons (Fsp3) is 0.250. The van der Waals surface area contributed by atoms with Crippen molar-refractivity contribution in [2.45, 2.75) is 6.92 Å². The SMILES string of the molecule is CC(=N)C(C#N)C(=O)COc1ccc(Cl)cc1Br. The van der Waals surface area contributed by atoms with Gasteiger partial charge in [-0.2, -0.15) is 5.26 Å². The molecule has 4 nitrogen and oxygen atoms in total. The first-order valence-corrected chi connectivity index (χ1v) is 6.18.